The van der Waals surface area contributed by atoms with Crippen LogP contribution in [0.3, 0.4) is 0 Å². The van der Waals surface area contributed by atoms with Crippen LogP contribution in [0.5, 0.6) is 0 Å². The molecule has 0 spiro atoms. The maximum absolute atomic E-state index is 12.9. The smallest absolute Gasteiger partial charge is 0.313 e. The minimum Gasteiger partial charge on any atom is -0.335 e. The van der Waals surface area contributed by atoms with Gasteiger partial charge in [-0.25, -0.2) is 8.78 Å². The summed E-state index contributed by atoms with van der Waals surface area (Å²) in [5, 5.41) is 2.22. The van der Waals surface area contributed by atoms with Gasteiger partial charge in [-0.2, -0.15) is 0 Å². The molecule has 0 saturated carbocycles. The highest BCUT2D eigenvalue weighted by molar-refractivity contribution is 6.39. The van der Waals surface area contributed by atoms with Gasteiger partial charge in [0.1, 0.15) is 0 Å². The van der Waals surface area contributed by atoms with Crippen LogP contribution in [-0.4, -0.2) is 29.8 Å². The summed E-state index contributed by atoms with van der Waals surface area (Å²) in [7, 11) is 0. The van der Waals surface area contributed by atoms with Gasteiger partial charge in [0.2, 0.25) is 0 Å². The van der Waals surface area contributed by atoms with Gasteiger partial charge in [-0.15, -0.1) is 0 Å². The number of carbonyl (C=O) groups is 2. The SMILES string of the molecule is CCN(CC)C(=O)C(=O)Nc1ccc(F)c(F)c1. The average Bonchev–Trinajstić information content (AvgIpc) is 2.35. The zero-order valence-corrected chi connectivity index (χ0v) is 10.2. The Balaban J connectivity index is 2.75. The second-order valence-corrected chi connectivity index (χ2v) is 3.56. The molecule has 0 aromatic heterocycles. The Labute approximate surface area is 104 Å². The highest BCUT2D eigenvalue weighted by Crippen LogP contribution is 2.13. The monoisotopic (exact) mass is 256 g/mol. The molecule has 18 heavy (non-hydrogen) atoms. The zero-order valence-electron chi connectivity index (χ0n) is 10.2. The van der Waals surface area contributed by atoms with E-state index in [1.54, 1.807) is 13.8 Å². The van der Waals surface area contributed by atoms with Crippen LogP contribution >= 0.6 is 0 Å². The Morgan fingerprint density at radius 1 is 1.17 bits per heavy atom. The van der Waals surface area contributed by atoms with E-state index in [-0.39, 0.29) is 5.69 Å². The Kier molecular flexibility index (Phi) is 4.76. The number of halogens is 2. The van der Waals surface area contributed by atoms with Crippen LogP contribution < -0.4 is 5.32 Å². The van der Waals surface area contributed by atoms with Gasteiger partial charge in [0, 0.05) is 24.8 Å². The fraction of sp³-hybridized carbons (Fsp3) is 0.333. The van der Waals surface area contributed by atoms with E-state index in [9.17, 15) is 18.4 Å². The van der Waals surface area contributed by atoms with Crippen molar-refractivity contribution < 1.29 is 18.4 Å². The number of anilines is 1. The van der Waals surface area contributed by atoms with Crippen LogP contribution in [0.2, 0.25) is 0 Å². The molecule has 0 fully saturated rings. The zero-order chi connectivity index (χ0) is 13.7. The first kappa shape index (κ1) is 14.1. The van der Waals surface area contributed by atoms with E-state index >= 15 is 0 Å². The first-order valence-electron chi connectivity index (χ1n) is 5.54. The molecule has 1 aromatic rings. The number of rotatable bonds is 3. The van der Waals surface area contributed by atoms with Gasteiger partial charge in [0.25, 0.3) is 0 Å². The third-order valence-electron chi connectivity index (χ3n) is 2.42. The van der Waals surface area contributed by atoms with Crippen molar-refractivity contribution in [3.8, 4) is 0 Å². The third kappa shape index (κ3) is 3.26. The maximum atomic E-state index is 12.9. The van der Waals surface area contributed by atoms with Crippen molar-refractivity contribution in [1.29, 1.82) is 0 Å². The lowest BCUT2D eigenvalue weighted by Crippen LogP contribution is -2.39. The molecule has 0 aliphatic heterocycles. The number of hydrogen-bond acceptors (Lipinski definition) is 2. The van der Waals surface area contributed by atoms with Crippen molar-refractivity contribution >= 4 is 17.5 Å². The molecule has 4 nitrogen and oxygen atoms in total. The Morgan fingerprint density at radius 3 is 2.28 bits per heavy atom. The molecule has 1 rings (SSSR count). The summed E-state index contributed by atoms with van der Waals surface area (Å²) in [6.45, 7) is 4.29. The molecule has 0 aliphatic rings. The molecule has 0 atom stereocenters. The lowest BCUT2D eigenvalue weighted by molar-refractivity contribution is -0.142. The summed E-state index contributed by atoms with van der Waals surface area (Å²) < 4.78 is 25.6. The Bertz CT molecular complexity index is 459. The summed E-state index contributed by atoms with van der Waals surface area (Å²) in [5.41, 5.74) is 0.0411. The van der Waals surface area contributed by atoms with Crippen LogP contribution in [-0.2, 0) is 9.59 Å². The van der Waals surface area contributed by atoms with E-state index < -0.39 is 23.4 Å². The molecular formula is C12H14F2N2O2. The molecule has 6 heteroatoms. The van der Waals surface area contributed by atoms with E-state index in [1.165, 1.54) is 11.0 Å². The van der Waals surface area contributed by atoms with Crippen LogP contribution in [0.4, 0.5) is 14.5 Å². The van der Waals surface area contributed by atoms with E-state index in [1.807, 2.05) is 0 Å². The van der Waals surface area contributed by atoms with Crippen LogP contribution in [0.25, 0.3) is 0 Å². The number of nitrogens with one attached hydrogen (secondary N) is 1. The van der Waals surface area contributed by atoms with Gasteiger partial charge >= 0.3 is 11.8 Å². The van der Waals surface area contributed by atoms with Crippen LogP contribution in [0.15, 0.2) is 18.2 Å². The molecular weight excluding hydrogens is 242 g/mol. The molecule has 98 valence electrons. The molecule has 0 saturated heterocycles. The standard InChI is InChI=1S/C12H14F2N2O2/c1-3-16(4-2)12(18)11(17)15-8-5-6-9(13)10(14)7-8/h5-7H,3-4H2,1-2H3,(H,15,17). The summed E-state index contributed by atoms with van der Waals surface area (Å²) >= 11 is 0. The number of benzene rings is 1. The predicted octanol–water partition coefficient (Wildman–Crippen LogP) is 1.77. The Morgan fingerprint density at radius 2 is 1.78 bits per heavy atom. The number of likely N-dealkylation sites (N-methyl/N-ethyl adjacent to an activating group) is 1. The fourth-order valence-corrected chi connectivity index (χ4v) is 1.41. The van der Waals surface area contributed by atoms with Gasteiger partial charge in [-0.3, -0.25) is 9.59 Å². The first-order valence-corrected chi connectivity index (χ1v) is 5.54. The molecule has 0 heterocycles. The second-order valence-electron chi connectivity index (χ2n) is 3.56. The predicted molar refractivity (Wildman–Crippen MR) is 62.9 cm³/mol. The second kappa shape index (κ2) is 6.09. The number of carbonyl (C=O) groups excluding carboxylic acids is 2. The van der Waals surface area contributed by atoms with Crippen molar-refractivity contribution in [3.05, 3.63) is 29.8 Å². The van der Waals surface area contributed by atoms with Crippen molar-refractivity contribution in [2.75, 3.05) is 18.4 Å². The van der Waals surface area contributed by atoms with E-state index in [2.05, 4.69) is 5.32 Å². The van der Waals surface area contributed by atoms with E-state index in [0.29, 0.717) is 13.1 Å². The number of amides is 2. The van der Waals surface area contributed by atoms with Crippen LogP contribution in [0.1, 0.15) is 13.8 Å². The van der Waals surface area contributed by atoms with Gasteiger partial charge < -0.3 is 10.2 Å². The highest BCUT2D eigenvalue weighted by Gasteiger charge is 2.19. The number of hydrogen-bond donors (Lipinski definition) is 1. The topological polar surface area (TPSA) is 49.4 Å². The molecule has 2 amide bonds. The van der Waals surface area contributed by atoms with Crippen LogP contribution in [0, 0.1) is 11.6 Å². The first-order chi connectivity index (χ1) is 8.49. The lowest BCUT2D eigenvalue weighted by atomic mass is 10.3. The summed E-state index contributed by atoms with van der Waals surface area (Å²) in [5.74, 6) is -3.67. The average molecular weight is 256 g/mol. The maximum Gasteiger partial charge on any atom is 0.313 e. The van der Waals surface area contributed by atoms with Crippen molar-refractivity contribution in [3.63, 3.8) is 0 Å². The quantitative estimate of drug-likeness (QED) is 0.838. The third-order valence-corrected chi connectivity index (χ3v) is 2.42. The largest absolute Gasteiger partial charge is 0.335 e. The molecule has 0 aliphatic carbocycles. The summed E-state index contributed by atoms with van der Waals surface area (Å²) in [4.78, 5) is 24.5. The van der Waals surface area contributed by atoms with E-state index in [0.717, 1.165) is 12.1 Å². The van der Waals surface area contributed by atoms with Crippen molar-refractivity contribution in [1.82, 2.24) is 4.90 Å². The minimum absolute atomic E-state index is 0.0411. The summed E-state index contributed by atoms with van der Waals surface area (Å²) in [6.07, 6.45) is 0. The van der Waals surface area contributed by atoms with Gasteiger partial charge in [-0.05, 0) is 26.0 Å². The van der Waals surface area contributed by atoms with Crippen molar-refractivity contribution in [2.45, 2.75) is 13.8 Å². The molecule has 0 unspecified atom stereocenters. The van der Waals surface area contributed by atoms with Gasteiger partial charge in [-0.1, -0.05) is 0 Å². The minimum atomic E-state index is -1.08. The molecule has 1 aromatic carbocycles. The lowest BCUT2D eigenvalue weighted by Gasteiger charge is -2.17. The summed E-state index contributed by atoms with van der Waals surface area (Å²) in [6, 6.07) is 2.89. The molecule has 0 bridgehead atoms. The molecule has 0 radical (unpaired) electrons. The normalized spacial score (nSPS) is 10.0. The molecule has 1 N–H and O–H groups in total. The van der Waals surface area contributed by atoms with Gasteiger partial charge in [0.05, 0.1) is 0 Å². The number of nitrogens with zero attached hydrogens (tertiary/aromatic N) is 1. The fourth-order valence-electron chi connectivity index (χ4n) is 1.41. The Hall–Kier alpha value is -1.98. The van der Waals surface area contributed by atoms with Crippen molar-refractivity contribution in [2.24, 2.45) is 0 Å². The highest BCUT2D eigenvalue weighted by atomic mass is 19.2. The van der Waals surface area contributed by atoms with E-state index in [4.69, 9.17) is 0 Å². The van der Waals surface area contributed by atoms with Gasteiger partial charge in [0.15, 0.2) is 11.6 Å².